The van der Waals surface area contributed by atoms with Crippen LogP contribution in [0.15, 0.2) is 12.1 Å². The van der Waals surface area contributed by atoms with Crippen LogP contribution in [0.2, 0.25) is 0 Å². The van der Waals surface area contributed by atoms with Gasteiger partial charge in [0.25, 0.3) is 0 Å². The van der Waals surface area contributed by atoms with Crippen molar-refractivity contribution in [3.63, 3.8) is 0 Å². The highest BCUT2D eigenvalue weighted by Crippen LogP contribution is 2.28. The first-order valence-electron chi connectivity index (χ1n) is 4.04. The van der Waals surface area contributed by atoms with E-state index >= 15 is 0 Å². The van der Waals surface area contributed by atoms with Crippen molar-refractivity contribution in [1.82, 2.24) is 0 Å². The Morgan fingerprint density at radius 1 is 1.50 bits per heavy atom. The Bertz CT molecular complexity index is 375. The number of carbonyl (C=O) groups is 1. The molecule has 0 saturated carbocycles. The molecule has 1 aromatic rings. The summed E-state index contributed by atoms with van der Waals surface area (Å²) in [5, 5.41) is 18.1. The zero-order chi connectivity index (χ0) is 10.9. The number of anilines is 1. The van der Waals surface area contributed by atoms with Crippen LogP contribution < -0.4 is 11.5 Å². The summed E-state index contributed by atoms with van der Waals surface area (Å²) >= 11 is 0. The number of nitrogens with two attached hydrogens (primary N) is 2. The van der Waals surface area contributed by atoms with Crippen LogP contribution in [-0.2, 0) is 0 Å². The summed E-state index contributed by atoms with van der Waals surface area (Å²) < 4.78 is 0. The van der Waals surface area contributed by atoms with E-state index in [4.69, 9.17) is 16.6 Å². The Morgan fingerprint density at radius 3 is 2.50 bits per heavy atom. The predicted octanol–water partition coefficient (Wildman–Crippen LogP) is 0.692. The second-order valence-electron chi connectivity index (χ2n) is 3.09. The average Bonchev–Trinajstić information content (AvgIpc) is 2.07. The van der Waals surface area contributed by atoms with Crippen molar-refractivity contribution in [2.75, 3.05) is 5.73 Å². The third-order valence-electron chi connectivity index (χ3n) is 1.92. The second kappa shape index (κ2) is 3.55. The summed E-state index contributed by atoms with van der Waals surface area (Å²) in [6, 6.07) is 2.10. The van der Waals surface area contributed by atoms with Gasteiger partial charge in [-0.15, -0.1) is 0 Å². The highest BCUT2D eigenvalue weighted by atomic mass is 16.4. The molecule has 0 bridgehead atoms. The summed E-state index contributed by atoms with van der Waals surface area (Å²) in [4.78, 5) is 10.6. The number of benzene rings is 1. The number of phenolic OH excluding ortho intramolecular Hbond substituents is 1. The van der Waals surface area contributed by atoms with Crippen molar-refractivity contribution in [2.45, 2.75) is 13.0 Å². The fourth-order valence-corrected chi connectivity index (χ4v) is 1.17. The van der Waals surface area contributed by atoms with Crippen LogP contribution in [0.4, 0.5) is 5.69 Å². The molecule has 76 valence electrons. The molecule has 5 nitrogen and oxygen atoms in total. The second-order valence-corrected chi connectivity index (χ2v) is 3.09. The van der Waals surface area contributed by atoms with Crippen LogP contribution in [-0.4, -0.2) is 16.2 Å². The number of carboxylic acid groups (broad SMARTS) is 1. The molecular weight excluding hydrogens is 184 g/mol. The molecule has 0 unspecified atom stereocenters. The lowest BCUT2D eigenvalue weighted by atomic mass is 10.0. The molecule has 0 heterocycles. The Labute approximate surface area is 81.0 Å². The first kappa shape index (κ1) is 10.3. The third-order valence-corrected chi connectivity index (χ3v) is 1.92. The van der Waals surface area contributed by atoms with E-state index in [1.165, 1.54) is 6.07 Å². The molecule has 0 spiro atoms. The van der Waals surface area contributed by atoms with E-state index in [9.17, 15) is 9.90 Å². The maximum Gasteiger partial charge on any atom is 0.337 e. The van der Waals surface area contributed by atoms with Gasteiger partial charge in [0.2, 0.25) is 0 Å². The Hall–Kier alpha value is -1.75. The SMILES string of the molecule is C[C@H](N)c1cc(N)c(C(=O)O)cc1O. The third kappa shape index (κ3) is 1.77. The summed E-state index contributed by atoms with van der Waals surface area (Å²) in [6.07, 6.45) is 0. The molecule has 0 amide bonds. The number of hydrogen-bond donors (Lipinski definition) is 4. The Morgan fingerprint density at radius 2 is 2.07 bits per heavy atom. The van der Waals surface area contributed by atoms with Crippen molar-refractivity contribution in [1.29, 1.82) is 0 Å². The van der Waals surface area contributed by atoms with Gasteiger partial charge in [-0.1, -0.05) is 0 Å². The van der Waals surface area contributed by atoms with Crippen LogP contribution in [0, 0.1) is 0 Å². The van der Waals surface area contributed by atoms with Crippen molar-refractivity contribution in [3.05, 3.63) is 23.3 Å². The molecule has 5 heteroatoms. The van der Waals surface area contributed by atoms with Crippen molar-refractivity contribution in [2.24, 2.45) is 5.73 Å². The minimum Gasteiger partial charge on any atom is -0.508 e. The van der Waals surface area contributed by atoms with Crippen molar-refractivity contribution < 1.29 is 15.0 Å². The van der Waals surface area contributed by atoms with E-state index in [1.54, 1.807) is 6.92 Å². The molecule has 0 radical (unpaired) electrons. The first-order chi connectivity index (χ1) is 6.43. The lowest BCUT2D eigenvalue weighted by Gasteiger charge is -2.10. The van der Waals surface area contributed by atoms with Gasteiger partial charge in [-0.05, 0) is 19.1 Å². The Balaban J connectivity index is 3.31. The molecule has 0 aliphatic rings. The van der Waals surface area contributed by atoms with E-state index in [2.05, 4.69) is 0 Å². The molecule has 1 atom stereocenters. The number of aromatic carboxylic acids is 1. The molecule has 1 aromatic carbocycles. The maximum absolute atomic E-state index is 10.6. The lowest BCUT2D eigenvalue weighted by Crippen LogP contribution is -2.09. The number of hydrogen-bond acceptors (Lipinski definition) is 4. The monoisotopic (exact) mass is 196 g/mol. The standard InChI is InChI=1S/C9H12N2O3/c1-4(10)5-2-7(11)6(9(13)14)3-8(5)12/h2-4,12H,10-11H2,1H3,(H,13,14)/t4-/m0/s1. The number of nitrogen functional groups attached to an aromatic ring is 1. The lowest BCUT2D eigenvalue weighted by molar-refractivity contribution is 0.0697. The molecule has 0 aliphatic heterocycles. The quantitative estimate of drug-likeness (QED) is 0.411. The van der Waals surface area contributed by atoms with Gasteiger partial charge in [0.05, 0.1) is 5.56 Å². The van der Waals surface area contributed by atoms with Gasteiger partial charge in [-0.25, -0.2) is 4.79 Å². The smallest absolute Gasteiger partial charge is 0.337 e. The van der Waals surface area contributed by atoms with E-state index in [0.717, 1.165) is 6.07 Å². The topological polar surface area (TPSA) is 110 Å². The van der Waals surface area contributed by atoms with Gasteiger partial charge in [-0.2, -0.15) is 0 Å². The van der Waals surface area contributed by atoms with Crippen LogP contribution in [0.25, 0.3) is 0 Å². The first-order valence-corrected chi connectivity index (χ1v) is 4.04. The normalized spacial score (nSPS) is 12.4. The Kier molecular flexibility index (Phi) is 2.62. The molecule has 1 rings (SSSR count). The van der Waals surface area contributed by atoms with Gasteiger partial charge in [0, 0.05) is 17.3 Å². The van der Waals surface area contributed by atoms with Gasteiger partial charge >= 0.3 is 5.97 Å². The van der Waals surface area contributed by atoms with Crippen LogP contribution in [0.3, 0.4) is 0 Å². The molecule has 0 aromatic heterocycles. The summed E-state index contributed by atoms with van der Waals surface area (Å²) in [7, 11) is 0. The number of carboxylic acids is 1. The largest absolute Gasteiger partial charge is 0.508 e. The van der Waals surface area contributed by atoms with Crippen molar-refractivity contribution in [3.8, 4) is 5.75 Å². The summed E-state index contributed by atoms with van der Waals surface area (Å²) in [5.41, 5.74) is 11.4. The van der Waals surface area contributed by atoms with E-state index in [-0.39, 0.29) is 23.0 Å². The number of phenols is 1. The minimum atomic E-state index is -1.17. The van der Waals surface area contributed by atoms with Gasteiger partial charge in [0.1, 0.15) is 5.75 Å². The van der Waals surface area contributed by atoms with E-state index in [1.807, 2.05) is 0 Å². The minimum absolute atomic E-state index is 0.0996. The van der Waals surface area contributed by atoms with E-state index in [0.29, 0.717) is 5.56 Å². The fraction of sp³-hybridized carbons (Fsp3) is 0.222. The maximum atomic E-state index is 10.6. The van der Waals surface area contributed by atoms with Crippen LogP contribution >= 0.6 is 0 Å². The highest BCUT2D eigenvalue weighted by Gasteiger charge is 2.14. The molecule has 0 saturated heterocycles. The number of aromatic hydroxyl groups is 1. The number of rotatable bonds is 2. The van der Waals surface area contributed by atoms with Gasteiger partial charge < -0.3 is 21.7 Å². The molecule has 14 heavy (non-hydrogen) atoms. The van der Waals surface area contributed by atoms with Gasteiger partial charge in [0.15, 0.2) is 0 Å². The molecule has 6 N–H and O–H groups in total. The molecule has 0 fully saturated rings. The molecular formula is C9H12N2O3. The zero-order valence-corrected chi connectivity index (χ0v) is 7.69. The highest BCUT2D eigenvalue weighted by molar-refractivity contribution is 5.94. The van der Waals surface area contributed by atoms with Crippen LogP contribution in [0.5, 0.6) is 5.75 Å². The summed E-state index contributed by atoms with van der Waals surface area (Å²) in [6.45, 7) is 1.68. The predicted molar refractivity (Wildman–Crippen MR) is 52.1 cm³/mol. The molecule has 0 aliphatic carbocycles. The zero-order valence-electron chi connectivity index (χ0n) is 7.69. The van der Waals surface area contributed by atoms with Crippen LogP contribution in [0.1, 0.15) is 28.9 Å². The van der Waals surface area contributed by atoms with Crippen molar-refractivity contribution >= 4 is 11.7 Å². The average molecular weight is 196 g/mol. The van der Waals surface area contributed by atoms with E-state index < -0.39 is 5.97 Å². The van der Waals surface area contributed by atoms with Gasteiger partial charge in [-0.3, -0.25) is 0 Å². The fourth-order valence-electron chi connectivity index (χ4n) is 1.17. The summed E-state index contributed by atoms with van der Waals surface area (Å²) in [5.74, 6) is -1.32.